The van der Waals surface area contributed by atoms with Crippen LogP contribution in [0.5, 0.6) is 5.75 Å². The van der Waals surface area contributed by atoms with Gasteiger partial charge in [0.15, 0.2) is 0 Å². The van der Waals surface area contributed by atoms with Crippen LogP contribution in [-0.2, 0) is 12.8 Å². The highest BCUT2D eigenvalue weighted by molar-refractivity contribution is 5.28. The number of fused-ring (bicyclic) bond motifs is 1. The fourth-order valence-corrected chi connectivity index (χ4v) is 2.82. The SMILES string of the molecule is OCC1CCCc2cnc(Cc3ccc(O)cc3)n21. The van der Waals surface area contributed by atoms with E-state index in [9.17, 15) is 10.2 Å². The van der Waals surface area contributed by atoms with Crippen LogP contribution in [0.1, 0.15) is 36.0 Å². The lowest BCUT2D eigenvalue weighted by molar-refractivity contribution is 0.204. The molecule has 19 heavy (non-hydrogen) atoms. The second kappa shape index (κ2) is 5.05. The number of nitrogens with zero attached hydrogens (tertiary/aromatic N) is 2. The van der Waals surface area contributed by atoms with Crippen molar-refractivity contribution in [2.24, 2.45) is 0 Å². The highest BCUT2D eigenvalue weighted by Gasteiger charge is 2.22. The number of rotatable bonds is 3. The molecular weight excluding hydrogens is 240 g/mol. The first-order chi connectivity index (χ1) is 9.28. The summed E-state index contributed by atoms with van der Waals surface area (Å²) in [5.41, 5.74) is 2.34. The summed E-state index contributed by atoms with van der Waals surface area (Å²) in [5.74, 6) is 1.28. The van der Waals surface area contributed by atoms with Crippen LogP contribution in [0, 0.1) is 0 Å². The van der Waals surface area contributed by atoms with Crippen LogP contribution in [0.15, 0.2) is 30.5 Å². The Balaban J connectivity index is 1.89. The van der Waals surface area contributed by atoms with Gasteiger partial charge in [-0.2, -0.15) is 0 Å². The molecule has 1 aliphatic heterocycles. The molecule has 0 amide bonds. The smallest absolute Gasteiger partial charge is 0.115 e. The predicted octanol–water partition coefficient (Wildman–Crippen LogP) is 2.05. The molecule has 0 spiro atoms. The quantitative estimate of drug-likeness (QED) is 0.886. The lowest BCUT2D eigenvalue weighted by atomic mass is 10.0. The number of aliphatic hydroxyl groups excluding tert-OH is 1. The molecule has 1 aliphatic rings. The van der Waals surface area contributed by atoms with E-state index in [0.717, 1.165) is 37.1 Å². The van der Waals surface area contributed by atoms with E-state index < -0.39 is 0 Å². The van der Waals surface area contributed by atoms with Crippen LogP contribution < -0.4 is 0 Å². The van der Waals surface area contributed by atoms with Crippen LogP contribution in [0.2, 0.25) is 0 Å². The maximum atomic E-state index is 9.50. The van der Waals surface area contributed by atoms with Crippen molar-refractivity contribution in [1.29, 1.82) is 0 Å². The van der Waals surface area contributed by atoms with E-state index in [1.165, 1.54) is 5.69 Å². The van der Waals surface area contributed by atoms with Crippen LogP contribution in [0.25, 0.3) is 0 Å². The number of hydrogen-bond acceptors (Lipinski definition) is 3. The lowest BCUT2D eigenvalue weighted by Crippen LogP contribution is -2.22. The summed E-state index contributed by atoms with van der Waals surface area (Å²) in [6.07, 6.45) is 5.84. The molecule has 1 aromatic heterocycles. The van der Waals surface area contributed by atoms with Crippen molar-refractivity contribution in [3.63, 3.8) is 0 Å². The zero-order valence-electron chi connectivity index (χ0n) is 10.8. The Bertz CT molecular complexity index is 560. The van der Waals surface area contributed by atoms with E-state index in [1.807, 2.05) is 18.3 Å². The van der Waals surface area contributed by atoms with E-state index >= 15 is 0 Å². The Morgan fingerprint density at radius 3 is 2.79 bits per heavy atom. The third kappa shape index (κ3) is 2.36. The topological polar surface area (TPSA) is 58.3 Å². The molecule has 0 fully saturated rings. The Morgan fingerprint density at radius 1 is 1.26 bits per heavy atom. The Kier molecular flexibility index (Phi) is 3.25. The second-order valence-electron chi connectivity index (χ2n) is 5.11. The van der Waals surface area contributed by atoms with Gasteiger partial charge < -0.3 is 14.8 Å². The Labute approximate surface area is 112 Å². The summed E-state index contributed by atoms with van der Waals surface area (Å²) < 4.78 is 2.19. The molecular formula is C15H18N2O2. The Morgan fingerprint density at radius 2 is 2.05 bits per heavy atom. The molecule has 2 heterocycles. The molecule has 0 aliphatic carbocycles. The highest BCUT2D eigenvalue weighted by Crippen LogP contribution is 2.27. The number of imidazole rings is 1. The minimum absolute atomic E-state index is 0.165. The number of aryl methyl sites for hydroxylation is 1. The first kappa shape index (κ1) is 12.2. The van der Waals surface area contributed by atoms with Crippen LogP contribution in [-0.4, -0.2) is 26.4 Å². The van der Waals surface area contributed by atoms with E-state index in [-0.39, 0.29) is 18.4 Å². The minimum Gasteiger partial charge on any atom is -0.508 e. The standard InChI is InChI=1S/C15H18N2O2/c18-10-13-3-1-2-12-9-16-15(17(12)13)8-11-4-6-14(19)7-5-11/h4-7,9,13,18-19H,1-3,8,10H2. The van der Waals surface area contributed by atoms with Gasteiger partial charge in [-0.1, -0.05) is 12.1 Å². The van der Waals surface area contributed by atoms with Gasteiger partial charge >= 0.3 is 0 Å². The van der Waals surface area contributed by atoms with Gasteiger partial charge in [0.05, 0.1) is 12.6 Å². The molecule has 0 radical (unpaired) electrons. The molecule has 2 aromatic rings. The van der Waals surface area contributed by atoms with Crippen LogP contribution >= 0.6 is 0 Å². The van der Waals surface area contributed by atoms with E-state index in [2.05, 4.69) is 9.55 Å². The largest absolute Gasteiger partial charge is 0.508 e. The number of phenols is 1. The van der Waals surface area contributed by atoms with Gasteiger partial charge in [0.25, 0.3) is 0 Å². The first-order valence-corrected chi connectivity index (χ1v) is 6.71. The van der Waals surface area contributed by atoms with E-state index in [0.29, 0.717) is 0 Å². The van der Waals surface area contributed by atoms with Crippen molar-refractivity contribution < 1.29 is 10.2 Å². The molecule has 0 saturated carbocycles. The second-order valence-corrected chi connectivity index (χ2v) is 5.11. The molecule has 1 atom stereocenters. The van der Waals surface area contributed by atoms with Gasteiger partial charge in [0, 0.05) is 18.3 Å². The van der Waals surface area contributed by atoms with Crippen molar-refractivity contribution in [3.05, 3.63) is 47.5 Å². The summed E-state index contributed by atoms with van der Waals surface area (Å²) in [7, 11) is 0. The lowest BCUT2D eigenvalue weighted by Gasteiger charge is -2.25. The number of aromatic hydroxyl groups is 1. The van der Waals surface area contributed by atoms with Crippen LogP contribution in [0.4, 0.5) is 0 Å². The van der Waals surface area contributed by atoms with Gasteiger partial charge in [0.2, 0.25) is 0 Å². The highest BCUT2D eigenvalue weighted by atomic mass is 16.3. The minimum atomic E-state index is 0.165. The molecule has 0 bridgehead atoms. The van der Waals surface area contributed by atoms with E-state index in [1.54, 1.807) is 12.1 Å². The molecule has 100 valence electrons. The summed E-state index contributed by atoms with van der Waals surface area (Å²) in [5, 5.41) is 18.8. The number of aliphatic hydroxyl groups is 1. The van der Waals surface area contributed by atoms with Gasteiger partial charge in [-0.3, -0.25) is 0 Å². The molecule has 1 aromatic carbocycles. The average Bonchev–Trinajstić information content (AvgIpc) is 2.85. The zero-order chi connectivity index (χ0) is 13.2. The summed E-state index contributed by atoms with van der Waals surface area (Å²) in [4.78, 5) is 4.50. The van der Waals surface area contributed by atoms with Crippen molar-refractivity contribution in [3.8, 4) is 5.75 Å². The average molecular weight is 258 g/mol. The maximum absolute atomic E-state index is 9.50. The van der Waals surface area contributed by atoms with Gasteiger partial charge in [-0.25, -0.2) is 4.98 Å². The Hall–Kier alpha value is -1.81. The summed E-state index contributed by atoms with van der Waals surface area (Å²) in [6.45, 7) is 0.173. The third-order valence-corrected chi connectivity index (χ3v) is 3.79. The predicted molar refractivity (Wildman–Crippen MR) is 72.2 cm³/mol. The monoisotopic (exact) mass is 258 g/mol. The molecule has 1 unspecified atom stereocenters. The number of hydrogen-bond donors (Lipinski definition) is 2. The van der Waals surface area contributed by atoms with Crippen LogP contribution in [0.3, 0.4) is 0 Å². The van der Waals surface area contributed by atoms with E-state index in [4.69, 9.17) is 0 Å². The summed E-state index contributed by atoms with van der Waals surface area (Å²) >= 11 is 0. The fraction of sp³-hybridized carbons (Fsp3) is 0.400. The molecule has 4 nitrogen and oxygen atoms in total. The van der Waals surface area contributed by atoms with Crippen molar-refractivity contribution in [2.45, 2.75) is 31.7 Å². The van der Waals surface area contributed by atoms with Crippen molar-refractivity contribution in [1.82, 2.24) is 9.55 Å². The molecule has 3 rings (SSSR count). The van der Waals surface area contributed by atoms with Crippen molar-refractivity contribution >= 4 is 0 Å². The molecule has 4 heteroatoms. The maximum Gasteiger partial charge on any atom is 0.115 e. The van der Waals surface area contributed by atoms with Crippen molar-refractivity contribution in [2.75, 3.05) is 6.61 Å². The van der Waals surface area contributed by atoms with Gasteiger partial charge in [-0.05, 0) is 37.0 Å². The first-order valence-electron chi connectivity index (χ1n) is 6.71. The van der Waals surface area contributed by atoms with Gasteiger partial charge in [-0.15, -0.1) is 0 Å². The third-order valence-electron chi connectivity index (χ3n) is 3.79. The summed E-state index contributed by atoms with van der Waals surface area (Å²) in [6, 6.07) is 7.37. The number of benzene rings is 1. The molecule has 2 N–H and O–H groups in total. The normalized spacial score (nSPS) is 18.3. The fourth-order valence-electron chi connectivity index (χ4n) is 2.82. The molecule has 0 saturated heterocycles. The van der Waals surface area contributed by atoms with Gasteiger partial charge in [0.1, 0.15) is 11.6 Å². The number of phenolic OH excluding ortho intramolecular Hbond substituents is 1. The number of aromatic nitrogens is 2. The zero-order valence-corrected chi connectivity index (χ0v) is 10.8.